The molecule has 2 heteroatoms. The molecule has 0 heterocycles. The molecule has 0 radical (unpaired) electrons. The van der Waals surface area contributed by atoms with Crippen LogP contribution in [-0.4, -0.2) is 5.97 Å². The van der Waals surface area contributed by atoms with Crippen molar-refractivity contribution in [3.05, 3.63) is 0 Å². The van der Waals surface area contributed by atoms with Gasteiger partial charge in [-0.3, -0.25) is 0 Å². The Hall–Kier alpha value is -0.970. The molecule has 0 rings (SSSR count). The molecule has 0 aromatic carbocycles. The number of unbranched alkanes of at least 4 members (excludes halogenated alkanes) is 9. The summed E-state index contributed by atoms with van der Waals surface area (Å²) in [6, 6.07) is 0. The summed E-state index contributed by atoms with van der Waals surface area (Å²) in [5, 5.41) is 10.2. The molecule has 0 bridgehead atoms. The van der Waals surface area contributed by atoms with E-state index in [4.69, 9.17) is 0 Å². The Morgan fingerprint density at radius 1 is 0.833 bits per heavy atom. The van der Waals surface area contributed by atoms with E-state index < -0.39 is 5.97 Å². The normalized spacial score (nSPS) is 9.83. The van der Waals surface area contributed by atoms with Crippen molar-refractivity contribution in [3.8, 4) is 11.8 Å². The van der Waals surface area contributed by atoms with Crippen molar-refractivity contribution in [2.75, 3.05) is 0 Å². The first-order valence-electron chi connectivity index (χ1n) is 7.43. The van der Waals surface area contributed by atoms with E-state index in [1.54, 1.807) is 0 Å². The zero-order valence-electron chi connectivity index (χ0n) is 11.8. The van der Waals surface area contributed by atoms with Crippen molar-refractivity contribution in [2.24, 2.45) is 0 Å². The van der Waals surface area contributed by atoms with Gasteiger partial charge in [-0.05, 0) is 25.7 Å². The smallest absolute Gasteiger partial charge is 0.0414 e. The first-order valence-corrected chi connectivity index (χ1v) is 7.43. The molecule has 0 amide bonds. The van der Waals surface area contributed by atoms with Gasteiger partial charge in [-0.25, -0.2) is 0 Å². The van der Waals surface area contributed by atoms with E-state index in [1.807, 2.05) is 0 Å². The summed E-state index contributed by atoms with van der Waals surface area (Å²) < 4.78 is 0. The van der Waals surface area contributed by atoms with E-state index in [2.05, 4.69) is 18.8 Å². The van der Waals surface area contributed by atoms with Crippen LogP contribution in [0.2, 0.25) is 0 Å². The maximum Gasteiger partial charge on any atom is 0.0414 e. The first kappa shape index (κ1) is 17.0. The second-order valence-electron chi connectivity index (χ2n) is 4.80. The van der Waals surface area contributed by atoms with Gasteiger partial charge in [-0.1, -0.05) is 45.4 Å². The number of hydrogen-bond acceptors (Lipinski definition) is 2. The highest BCUT2D eigenvalue weighted by atomic mass is 16.4. The molecule has 0 aliphatic rings. The van der Waals surface area contributed by atoms with Crippen LogP contribution in [-0.2, 0) is 4.79 Å². The molecule has 18 heavy (non-hydrogen) atoms. The quantitative estimate of drug-likeness (QED) is 0.417. The third-order valence-electron chi connectivity index (χ3n) is 2.96. The summed E-state index contributed by atoms with van der Waals surface area (Å²) in [4.78, 5) is 10.2. The number of carboxylic acids is 1. The molecule has 0 aromatic heterocycles. The predicted octanol–water partition coefficient (Wildman–Crippen LogP) is 3.44. The standard InChI is InChI=1S/C16H28O2/c1-2-3-4-5-6-7-8-9-10-11-12-13-14-15-16(17)18/h2-8,11-15H2,1H3,(H,17,18)/p-1. The molecule has 0 fully saturated rings. The number of aliphatic carboxylic acids is 1. The average Bonchev–Trinajstić information content (AvgIpc) is 2.34. The van der Waals surface area contributed by atoms with E-state index in [1.165, 1.54) is 38.5 Å². The third kappa shape index (κ3) is 15.0. The Kier molecular flexibility index (Phi) is 13.3. The number of carbonyl (C=O) groups is 1. The maximum absolute atomic E-state index is 10.2. The summed E-state index contributed by atoms with van der Waals surface area (Å²) in [5.41, 5.74) is 0. The van der Waals surface area contributed by atoms with E-state index in [0.29, 0.717) is 0 Å². The molecule has 0 N–H and O–H groups in total. The first-order chi connectivity index (χ1) is 8.77. The van der Waals surface area contributed by atoms with Gasteiger partial charge < -0.3 is 9.90 Å². The fourth-order valence-corrected chi connectivity index (χ4v) is 1.83. The van der Waals surface area contributed by atoms with Gasteiger partial charge in [0.15, 0.2) is 0 Å². The number of hydrogen-bond donors (Lipinski definition) is 0. The molecular formula is C16H27O2-. The van der Waals surface area contributed by atoms with Gasteiger partial charge in [-0.2, -0.15) is 0 Å². The van der Waals surface area contributed by atoms with Crippen molar-refractivity contribution >= 4 is 5.97 Å². The van der Waals surface area contributed by atoms with Crippen LogP contribution < -0.4 is 5.11 Å². The van der Waals surface area contributed by atoms with Gasteiger partial charge in [0, 0.05) is 18.8 Å². The van der Waals surface area contributed by atoms with Crippen molar-refractivity contribution < 1.29 is 9.90 Å². The fraction of sp³-hybridized carbons (Fsp3) is 0.812. The van der Waals surface area contributed by atoms with Crippen LogP contribution in [0.1, 0.15) is 84.0 Å². The molecule has 0 spiro atoms. The van der Waals surface area contributed by atoms with Crippen LogP contribution >= 0.6 is 0 Å². The molecule has 0 aliphatic heterocycles. The Morgan fingerprint density at radius 3 is 1.89 bits per heavy atom. The van der Waals surface area contributed by atoms with Crippen molar-refractivity contribution in [1.82, 2.24) is 0 Å². The van der Waals surface area contributed by atoms with Gasteiger partial charge in [-0.15, -0.1) is 11.8 Å². The van der Waals surface area contributed by atoms with Crippen molar-refractivity contribution in [2.45, 2.75) is 84.0 Å². The van der Waals surface area contributed by atoms with Gasteiger partial charge in [0.25, 0.3) is 0 Å². The number of carbonyl (C=O) groups excluding carboxylic acids is 1. The lowest BCUT2D eigenvalue weighted by Crippen LogP contribution is -2.21. The molecule has 2 nitrogen and oxygen atoms in total. The summed E-state index contributed by atoms with van der Waals surface area (Å²) in [5.74, 6) is 5.42. The molecule has 104 valence electrons. The highest BCUT2D eigenvalue weighted by molar-refractivity contribution is 5.63. The zero-order chi connectivity index (χ0) is 13.5. The molecule has 0 saturated carbocycles. The SMILES string of the molecule is CCCCCCCCC#CCCCCCC(=O)[O-]. The number of carboxylic acid groups (broad SMARTS) is 1. The molecule has 0 aliphatic carbocycles. The Labute approximate surface area is 112 Å². The van der Waals surface area contributed by atoms with E-state index in [-0.39, 0.29) is 6.42 Å². The second-order valence-corrected chi connectivity index (χ2v) is 4.80. The Balaban J connectivity index is 3.12. The van der Waals surface area contributed by atoms with E-state index in [9.17, 15) is 9.90 Å². The second kappa shape index (κ2) is 14.1. The maximum atomic E-state index is 10.2. The lowest BCUT2D eigenvalue weighted by molar-refractivity contribution is -0.305. The lowest BCUT2D eigenvalue weighted by atomic mass is 10.1. The zero-order valence-corrected chi connectivity index (χ0v) is 11.8. The fourth-order valence-electron chi connectivity index (χ4n) is 1.83. The molecule has 0 unspecified atom stereocenters. The van der Waals surface area contributed by atoms with Crippen LogP contribution in [0.25, 0.3) is 0 Å². The minimum atomic E-state index is -0.941. The Bertz CT molecular complexity index is 248. The summed E-state index contributed by atoms with van der Waals surface area (Å²) >= 11 is 0. The van der Waals surface area contributed by atoms with Crippen LogP contribution in [0.5, 0.6) is 0 Å². The average molecular weight is 251 g/mol. The lowest BCUT2D eigenvalue weighted by Gasteiger charge is -1.99. The van der Waals surface area contributed by atoms with Crippen LogP contribution in [0.4, 0.5) is 0 Å². The monoisotopic (exact) mass is 251 g/mol. The minimum absolute atomic E-state index is 0.186. The van der Waals surface area contributed by atoms with Crippen LogP contribution in [0.15, 0.2) is 0 Å². The van der Waals surface area contributed by atoms with E-state index >= 15 is 0 Å². The molecular weight excluding hydrogens is 224 g/mol. The largest absolute Gasteiger partial charge is 0.550 e. The highest BCUT2D eigenvalue weighted by Crippen LogP contribution is 2.06. The number of rotatable bonds is 11. The van der Waals surface area contributed by atoms with Crippen LogP contribution in [0, 0.1) is 11.8 Å². The summed E-state index contributed by atoms with van der Waals surface area (Å²) in [6.45, 7) is 2.23. The predicted molar refractivity (Wildman–Crippen MR) is 73.9 cm³/mol. The molecule has 0 saturated heterocycles. The Morgan fingerprint density at radius 2 is 1.33 bits per heavy atom. The van der Waals surface area contributed by atoms with Gasteiger partial charge in [0.2, 0.25) is 0 Å². The van der Waals surface area contributed by atoms with E-state index in [0.717, 1.165) is 32.1 Å². The summed E-state index contributed by atoms with van der Waals surface area (Å²) in [7, 11) is 0. The van der Waals surface area contributed by atoms with Gasteiger partial charge in [0.1, 0.15) is 0 Å². The minimum Gasteiger partial charge on any atom is -0.550 e. The third-order valence-corrected chi connectivity index (χ3v) is 2.96. The molecule has 0 atom stereocenters. The topological polar surface area (TPSA) is 40.1 Å². The van der Waals surface area contributed by atoms with Crippen molar-refractivity contribution in [1.29, 1.82) is 0 Å². The highest BCUT2D eigenvalue weighted by Gasteiger charge is 1.89. The van der Waals surface area contributed by atoms with Gasteiger partial charge in [0.05, 0.1) is 0 Å². The van der Waals surface area contributed by atoms with Crippen LogP contribution in [0.3, 0.4) is 0 Å². The van der Waals surface area contributed by atoms with Gasteiger partial charge >= 0.3 is 0 Å². The summed E-state index contributed by atoms with van der Waals surface area (Å²) in [6.07, 6.45) is 12.7. The molecule has 0 aromatic rings. The van der Waals surface area contributed by atoms with Crippen molar-refractivity contribution in [3.63, 3.8) is 0 Å².